The molecule has 0 N–H and O–H groups in total. The minimum atomic E-state index is -0.636. The topological polar surface area (TPSA) is 18.5 Å². The smallest absolute Gasteiger partial charge is 0.189 e. The van der Waals surface area contributed by atoms with Crippen LogP contribution >= 0.6 is 0 Å². The molecule has 2 aromatic carbocycles. The van der Waals surface area contributed by atoms with E-state index in [0.717, 1.165) is 12.8 Å². The summed E-state index contributed by atoms with van der Waals surface area (Å²) in [5.41, 5.74) is 2.45. The highest BCUT2D eigenvalue weighted by molar-refractivity contribution is 5.50. The highest BCUT2D eigenvalue weighted by atomic mass is 16.7. The summed E-state index contributed by atoms with van der Waals surface area (Å²) in [6.45, 7) is 1.32. The van der Waals surface area contributed by atoms with E-state index in [4.69, 9.17) is 9.47 Å². The fourth-order valence-electron chi connectivity index (χ4n) is 3.47. The maximum atomic E-state index is 6.14. The molecule has 1 saturated heterocycles. The molecule has 2 aromatic rings. The highest BCUT2D eigenvalue weighted by Crippen LogP contribution is 2.54. The summed E-state index contributed by atoms with van der Waals surface area (Å²) < 4.78 is 12.3. The molecule has 2 nitrogen and oxygen atoms in total. The minimum absolute atomic E-state index is 0.636. The number of rotatable bonds is 2. The lowest BCUT2D eigenvalue weighted by molar-refractivity contribution is -0.114. The Kier molecular flexibility index (Phi) is 3.28. The molecule has 1 heterocycles. The van der Waals surface area contributed by atoms with Crippen molar-refractivity contribution >= 4 is 0 Å². The van der Waals surface area contributed by atoms with Crippen LogP contribution in [-0.2, 0) is 9.47 Å². The summed E-state index contributed by atoms with van der Waals surface area (Å²) in [6, 6.07) is 21.0. The zero-order chi connectivity index (χ0) is 14.1. The Morgan fingerprint density at radius 2 is 1.05 bits per heavy atom. The predicted octanol–water partition coefficient (Wildman–Crippen LogP) is 3.77. The first-order valence-electron chi connectivity index (χ1n) is 7.51. The molecule has 2 aliphatic rings. The van der Waals surface area contributed by atoms with Gasteiger partial charge in [0.05, 0.1) is 25.0 Å². The zero-order valence-corrected chi connectivity index (χ0v) is 11.9. The van der Waals surface area contributed by atoms with Crippen LogP contribution in [0.1, 0.15) is 24.0 Å². The van der Waals surface area contributed by atoms with E-state index in [1.165, 1.54) is 23.0 Å². The number of benzene rings is 2. The first-order chi connectivity index (χ1) is 10.4. The van der Waals surface area contributed by atoms with E-state index in [1.807, 2.05) is 12.1 Å². The van der Waals surface area contributed by atoms with Gasteiger partial charge in [0.15, 0.2) is 5.79 Å². The van der Waals surface area contributed by atoms with Crippen molar-refractivity contribution in [2.75, 3.05) is 13.2 Å². The molecule has 1 spiro atoms. The summed E-state index contributed by atoms with van der Waals surface area (Å²) in [6.07, 6.45) is 1.99. The number of hydrogen-bond donors (Lipinski definition) is 0. The molecule has 1 aliphatic heterocycles. The van der Waals surface area contributed by atoms with Crippen molar-refractivity contribution in [1.82, 2.24) is 0 Å². The molecule has 0 amide bonds. The van der Waals surface area contributed by atoms with E-state index in [1.54, 1.807) is 0 Å². The maximum absolute atomic E-state index is 6.14. The van der Waals surface area contributed by atoms with E-state index < -0.39 is 5.79 Å². The van der Waals surface area contributed by atoms with Gasteiger partial charge in [-0.25, -0.2) is 0 Å². The van der Waals surface area contributed by atoms with Crippen LogP contribution in [0.4, 0.5) is 0 Å². The van der Waals surface area contributed by atoms with Crippen molar-refractivity contribution in [2.24, 2.45) is 0 Å². The number of ether oxygens (including phenoxy) is 2. The van der Waals surface area contributed by atoms with Crippen LogP contribution in [-0.4, -0.2) is 19.0 Å². The summed E-state index contributed by atoms with van der Waals surface area (Å²) in [5, 5.41) is 0. The lowest BCUT2D eigenvalue weighted by Gasteiger charge is -2.34. The Morgan fingerprint density at radius 3 is 1.48 bits per heavy atom. The monoisotopic (exact) mass is 278 g/mol. The average Bonchev–Trinajstić information content (AvgIpc) is 3.18. The van der Waals surface area contributed by atoms with Crippen LogP contribution in [0.5, 0.6) is 0 Å². The van der Waals surface area contributed by atoms with E-state index in [0.29, 0.717) is 13.2 Å². The van der Waals surface area contributed by atoms with Crippen molar-refractivity contribution in [3.8, 4) is 0 Å². The van der Waals surface area contributed by atoms with E-state index >= 15 is 0 Å². The number of hydrogen-bond acceptors (Lipinski definition) is 2. The second kappa shape index (κ2) is 5.28. The molecule has 0 aromatic heterocycles. The van der Waals surface area contributed by atoms with Crippen molar-refractivity contribution in [1.29, 1.82) is 0 Å². The summed E-state index contributed by atoms with van der Waals surface area (Å²) in [7, 11) is 0. The van der Waals surface area contributed by atoms with Gasteiger partial charge in [-0.15, -0.1) is 0 Å². The molecule has 1 aliphatic carbocycles. The third kappa shape index (κ3) is 2.10. The van der Waals surface area contributed by atoms with Gasteiger partial charge in [0.25, 0.3) is 0 Å². The molecule has 2 radical (unpaired) electrons. The second-order valence-electron chi connectivity index (χ2n) is 5.50. The summed E-state index contributed by atoms with van der Waals surface area (Å²) in [5.74, 6) is 1.89. The van der Waals surface area contributed by atoms with Gasteiger partial charge in [0.1, 0.15) is 0 Å². The Balaban J connectivity index is 1.75. The van der Waals surface area contributed by atoms with Gasteiger partial charge >= 0.3 is 0 Å². The fourth-order valence-corrected chi connectivity index (χ4v) is 3.47. The molecule has 2 heteroatoms. The Labute approximate surface area is 125 Å². The van der Waals surface area contributed by atoms with Crippen molar-refractivity contribution < 1.29 is 9.47 Å². The standard InChI is InChI=1S/C19H18O2/c1-3-7-15(8-4-1)17-11-12-18(16-9-5-2-6-10-16)19(17)20-13-14-21-19/h1-10H,11-14H2. The van der Waals surface area contributed by atoms with Gasteiger partial charge < -0.3 is 9.47 Å². The van der Waals surface area contributed by atoms with Crippen LogP contribution in [0.15, 0.2) is 60.7 Å². The van der Waals surface area contributed by atoms with Crippen LogP contribution in [0, 0.1) is 11.8 Å². The average molecular weight is 278 g/mol. The molecule has 0 bridgehead atoms. The first kappa shape index (κ1) is 13.1. The van der Waals surface area contributed by atoms with Gasteiger partial charge in [-0.05, 0) is 24.0 Å². The first-order valence-corrected chi connectivity index (χ1v) is 7.51. The molecule has 0 unspecified atom stereocenters. The van der Waals surface area contributed by atoms with Gasteiger partial charge in [-0.3, -0.25) is 0 Å². The third-order valence-electron chi connectivity index (χ3n) is 4.36. The SMILES string of the molecule is c1ccc([C]2CC[C](c3ccccc3)C23OCCO3)cc1. The van der Waals surface area contributed by atoms with Gasteiger partial charge in [-0.1, -0.05) is 60.7 Å². The summed E-state index contributed by atoms with van der Waals surface area (Å²) >= 11 is 0. The lowest BCUT2D eigenvalue weighted by atomic mass is 9.86. The molecular formula is C19H18O2. The third-order valence-corrected chi connectivity index (χ3v) is 4.36. The molecule has 2 fully saturated rings. The largest absolute Gasteiger partial charge is 0.346 e. The van der Waals surface area contributed by atoms with Gasteiger partial charge in [0, 0.05) is 0 Å². The van der Waals surface area contributed by atoms with Gasteiger partial charge in [-0.2, -0.15) is 0 Å². The van der Waals surface area contributed by atoms with Gasteiger partial charge in [0.2, 0.25) is 0 Å². The maximum Gasteiger partial charge on any atom is 0.189 e. The zero-order valence-electron chi connectivity index (χ0n) is 11.9. The lowest BCUT2D eigenvalue weighted by Crippen LogP contribution is -2.39. The normalized spacial score (nSPS) is 22.1. The predicted molar refractivity (Wildman–Crippen MR) is 81.4 cm³/mol. The van der Waals surface area contributed by atoms with E-state index in [-0.39, 0.29) is 0 Å². The fraction of sp³-hybridized carbons (Fsp3) is 0.263. The quantitative estimate of drug-likeness (QED) is 0.832. The molecule has 1 saturated carbocycles. The van der Waals surface area contributed by atoms with Crippen LogP contribution in [0.3, 0.4) is 0 Å². The van der Waals surface area contributed by atoms with Crippen molar-refractivity contribution in [3.63, 3.8) is 0 Å². The Hall–Kier alpha value is -1.64. The second-order valence-corrected chi connectivity index (χ2v) is 5.50. The van der Waals surface area contributed by atoms with Crippen molar-refractivity contribution in [3.05, 3.63) is 83.6 Å². The summed E-state index contributed by atoms with van der Waals surface area (Å²) in [4.78, 5) is 0. The van der Waals surface area contributed by atoms with Crippen molar-refractivity contribution in [2.45, 2.75) is 18.6 Å². The minimum Gasteiger partial charge on any atom is -0.346 e. The Bertz CT molecular complexity index is 538. The molecule has 106 valence electrons. The molecular weight excluding hydrogens is 260 g/mol. The van der Waals surface area contributed by atoms with Crippen LogP contribution in [0.25, 0.3) is 0 Å². The Morgan fingerprint density at radius 1 is 0.619 bits per heavy atom. The van der Waals surface area contributed by atoms with Crippen LogP contribution < -0.4 is 0 Å². The molecule has 4 rings (SSSR count). The van der Waals surface area contributed by atoms with E-state index in [2.05, 4.69) is 48.5 Å². The van der Waals surface area contributed by atoms with E-state index in [9.17, 15) is 0 Å². The highest BCUT2D eigenvalue weighted by Gasteiger charge is 2.56. The molecule has 21 heavy (non-hydrogen) atoms. The molecule has 0 atom stereocenters. The van der Waals surface area contributed by atoms with Crippen LogP contribution in [0.2, 0.25) is 0 Å².